The number of nitrogens with zero attached hydrogens (tertiary/aromatic N) is 2. The lowest BCUT2D eigenvalue weighted by Gasteiger charge is -2.29. The van der Waals surface area contributed by atoms with Crippen molar-refractivity contribution in [3.63, 3.8) is 0 Å². The number of carbonyl (C=O) groups is 6. The molecule has 3 atom stereocenters. The average Bonchev–Trinajstić information content (AvgIpc) is 3.65. The molecule has 2 heterocycles. The second kappa shape index (κ2) is 28.1. The smallest absolute Gasteiger partial charge is 0.257 e. The molecule has 0 spiro atoms. The van der Waals surface area contributed by atoms with Gasteiger partial charge in [0.1, 0.15) is 24.7 Å². The first-order chi connectivity index (χ1) is 31.4. The highest BCUT2D eigenvalue weighted by atomic mass is 16.2. The van der Waals surface area contributed by atoms with Crippen molar-refractivity contribution in [1.29, 1.82) is 0 Å². The van der Waals surface area contributed by atoms with Gasteiger partial charge in [0.2, 0.25) is 29.5 Å². The molecular weight excluding hydrogens is 825 g/mol. The van der Waals surface area contributed by atoms with Crippen molar-refractivity contribution in [1.82, 2.24) is 25.8 Å². The molecule has 0 bridgehead atoms. The number of aromatic nitrogens is 1. The summed E-state index contributed by atoms with van der Waals surface area (Å²) in [5, 5.41) is 12.2. The highest BCUT2D eigenvalue weighted by Crippen LogP contribution is 2.27. The number of benzene rings is 2. The third kappa shape index (κ3) is 17.9. The van der Waals surface area contributed by atoms with E-state index in [0.29, 0.717) is 31.5 Å². The molecule has 356 valence electrons. The van der Waals surface area contributed by atoms with Crippen molar-refractivity contribution in [3.8, 4) is 0 Å². The van der Waals surface area contributed by atoms with Gasteiger partial charge in [-0.15, -0.1) is 0 Å². The summed E-state index contributed by atoms with van der Waals surface area (Å²) in [4.78, 5) is 89.4. The number of rotatable bonds is 31. The summed E-state index contributed by atoms with van der Waals surface area (Å²) in [6.45, 7) is 4.12. The van der Waals surface area contributed by atoms with Crippen LogP contribution in [0.25, 0.3) is 10.9 Å². The molecule has 0 fully saturated rings. The minimum absolute atomic E-state index is 0.00317. The van der Waals surface area contributed by atoms with Crippen LogP contribution in [-0.2, 0) is 30.4 Å². The first-order valence-corrected chi connectivity index (χ1v) is 23.9. The van der Waals surface area contributed by atoms with Crippen LogP contribution < -0.4 is 38.5 Å². The molecule has 16 heteroatoms. The summed E-state index contributed by atoms with van der Waals surface area (Å²) in [6, 6.07) is 9.34. The third-order valence-corrected chi connectivity index (χ3v) is 12.0. The van der Waals surface area contributed by atoms with Crippen LogP contribution in [0, 0.1) is 6.92 Å². The molecule has 0 saturated heterocycles. The van der Waals surface area contributed by atoms with Crippen LogP contribution in [0.2, 0.25) is 0 Å². The van der Waals surface area contributed by atoms with Gasteiger partial charge < -0.3 is 48.4 Å². The van der Waals surface area contributed by atoms with E-state index >= 15 is 0 Å². The quantitative estimate of drug-likeness (QED) is 0.0223. The molecule has 2 aromatic carbocycles. The monoisotopic (exact) mass is 899 g/mol. The summed E-state index contributed by atoms with van der Waals surface area (Å²) >= 11 is 0. The predicted molar refractivity (Wildman–Crippen MR) is 257 cm³/mol. The zero-order valence-corrected chi connectivity index (χ0v) is 38.7. The van der Waals surface area contributed by atoms with Crippen molar-refractivity contribution < 1.29 is 28.8 Å². The molecule has 1 unspecified atom stereocenters. The fourth-order valence-corrected chi connectivity index (χ4v) is 8.33. The van der Waals surface area contributed by atoms with E-state index in [0.717, 1.165) is 41.3 Å². The average molecular weight is 899 g/mol. The Hall–Kier alpha value is -5.93. The van der Waals surface area contributed by atoms with Crippen LogP contribution in [0.4, 0.5) is 5.69 Å². The number of guanidine groups is 1. The lowest BCUT2D eigenvalue weighted by molar-refractivity contribution is -0.132. The Morgan fingerprint density at radius 3 is 2.14 bits per heavy atom. The van der Waals surface area contributed by atoms with Crippen LogP contribution in [0.1, 0.15) is 150 Å². The van der Waals surface area contributed by atoms with Crippen LogP contribution in [0.15, 0.2) is 53.7 Å². The van der Waals surface area contributed by atoms with Gasteiger partial charge in [-0.2, -0.15) is 0 Å². The van der Waals surface area contributed by atoms with E-state index in [-0.39, 0.29) is 49.7 Å². The highest BCUT2D eigenvalue weighted by molar-refractivity contribution is 6.11. The molecular formula is C49H74N10O6. The number of aliphatic imine (C=N–C) groups is 1. The maximum atomic E-state index is 14.2. The lowest BCUT2D eigenvalue weighted by Crippen LogP contribution is -2.56. The SMILES string of the molecule is CCCCCCCCCCCCCCCC(=O)NCCCCC1C(=O)Nc2ccc(C)cc2C(=O)N1CC(=O)N[C@@H](CCCN=C(N)N)C(=O)N[C@@H](Cc1c[nH]c2ccccc12)C(N)=O. The number of aryl methyl sites for hydroxylation is 1. The van der Waals surface area contributed by atoms with Crippen molar-refractivity contribution in [2.45, 2.75) is 160 Å². The number of nitrogens with one attached hydrogen (secondary N) is 5. The van der Waals surface area contributed by atoms with E-state index < -0.39 is 54.2 Å². The van der Waals surface area contributed by atoms with Gasteiger partial charge in [0.05, 0.1) is 11.3 Å². The van der Waals surface area contributed by atoms with Crippen LogP contribution >= 0.6 is 0 Å². The Morgan fingerprint density at radius 2 is 1.46 bits per heavy atom. The summed E-state index contributed by atoms with van der Waals surface area (Å²) in [7, 11) is 0. The maximum Gasteiger partial charge on any atom is 0.257 e. The summed E-state index contributed by atoms with van der Waals surface area (Å²) in [6.07, 6.45) is 20.1. The number of hydrogen-bond acceptors (Lipinski definition) is 7. The second-order valence-corrected chi connectivity index (χ2v) is 17.4. The Morgan fingerprint density at radius 1 is 0.785 bits per heavy atom. The fourth-order valence-electron chi connectivity index (χ4n) is 8.33. The molecule has 0 radical (unpaired) electrons. The molecule has 11 N–H and O–H groups in total. The molecule has 0 aliphatic carbocycles. The van der Waals surface area contributed by atoms with E-state index in [4.69, 9.17) is 17.2 Å². The van der Waals surface area contributed by atoms with Crippen LogP contribution in [-0.4, -0.2) is 89.0 Å². The number of fused-ring (bicyclic) bond motifs is 2. The lowest BCUT2D eigenvalue weighted by atomic mass is 10.0. The van der Waals surface area contributed by atoms with E-state index in [1.54, 1.807) is 24.4 Å². The zero-order chi connectivity index (χ0) is 47.0. The molecule has 6 amide bonds. The predicted octanol–water partition coefficient (Wildman–Crippen LogP) is 5.76. The van der Waals surface area contributed by atoms with Gasteiger partial charge in [0.25, 0.3) is 5.91 Å². The number of primary amides is 1. The standard InChI is InChI=1S/C49H74N10O6/c1-3-4-5-6-7-8-9-10-11-12-13-14-15-25-43(60)53-28-19-18-24-42-47(64)57-39-27-26-34(2)30-37(39)48(65)59(42)33-44(61)56-40(23-20-29-54-49(51)52)46(63)58-41(45(50)62)31-35-32-55-38-22-17-16-21-36(35)38/h16-17,21-22,26-27,30,32,40-42,55H,3-15,18-20,23-25,28-29,31,33H2,1-2H3,(H2,50,62)(H,53,60)(H,56,61)(H,57,64)(H,58,63)(H4,51,52,54)/t40-,41-,42?/m0/s1. The summed E-state index contributed by atoms with van der Waals surface area (Å²) < 4.78 is 0. The van der Waals surface area contributed by atoms with Gasteiger partial charge in [-0.3, -0.25) is 33.8 Å². The molecule has 4 rings (SSSR count). The molecule has 1 aliphatic rings. The van der Waals surface area contributed by atoms with E-state index in [1.807, 2.05) is 31.2 Å². The van der Waals surface area contributed by atoms with Crippen molar-refractivity contribution in [3.05, 3.63) is 65.4 Å². The molecule has 16 nitrogen and oxygen atoms in total. The van der Waals surface area contributed by atoms with Crippen molar-refractivity contribution in [2.24, 2.45) is 22.2 Å². The van der Waals surface area contributed by atoms with Gasteiger partial charge in [-0.05, 0) is 69.2 Å². The van der Waals surface area contributed by atoms with Gasteiger partial charge in [-0.25, -0.2) is 0 Å². The summed E-state index contributed by atoms with van der Waals surface area (Å²) in [5.74, 6) is -3.22. The zero-order valence-electron chi connectivity index (χ0n) is 38.7. The van der Waals surface area contributed by atoms with E-state index in [9.17, 15) is 28.8 Å². The van der Waals surface area contributed by atoms with Gasteiger partial charge in [0.15, 0.2) is 5.96 Å². The highest BCUT2D eigenvalue weighted by Gasteiger charge is 2.37. The van der Waals surface area contributed by atoms with Crippen LogP contribution in [0.5, 0.6) is 0 Å². The van der Waals surface area contributed by atoms with E-state index in [2.05, 4.69) is 38.2 Å². The molecule has 0 saturated carbocycles. The van der Waals surface area contributed by atoms with Crippen molar-refractivity contribution >= 4 is 58.0 Å². The van der Waals surface area contributed by atoms with Gasteiger partial charge in [-0.1, -0.05) is 114 Å². The largest absolute Gasteiger partial charge is 0.370 e. The maximum absolute atomic E-state index is 14.2. The van der Waals surface area contributed by atoms with Gasteiger partial charge in [0, 0.05) is 43.0 Å². The number of para-hydroxylation sites is 1. The summed E-state index contributed by atoms with van der Waals surface area (Å²) in [5.41, 5.74) is 19.8. The number of carbonyl (C=O) groups excluding carboxylic acids is 6. The second-order valence-electron chi connectivity index (χ2n) is 17.4. The Bertz CT molecular complexity index is 2050. The van der Waals surface area contributed by atoms with E-state index in [1.165, 1.54) is 69.1 Å². The number of H-pyrrole nitrogens is 1. The number of nitrogens with two attached hydrogens (primary N) is 3. The number of aromatic amines is 1. The first-order valence-electron chi connectivity index (χ1n) is 23.9. The molecule has 1 aromatic heterocycles. The van der Waals surface area contributed by atoms with Gasteiger partial charge >= 0.3 is 0 Å². The molecule has 1 aliphatic heterocycles. The topological polar surface area (TPSA) is 260 Å². The van der Waals surface area contributed by atoms with Crippen LogP contribution in [0.3, 0.4) is 0 Å². The Kier molecular flexibility index (Phi) is 22.3. The minimum atomic E-state index is -1.17. The van der Waals surface area contributed by atoms with Crippen molar-refractivity contribution in [2.75, 3.05) is 25.0 Å². The molecule has 3 aromatic rings. The number of unbranched alkanes of at least 4 members (excludes halogenated alkanes) is 13. The minimum Gasteiger partial charge on any atom is -0.370 e. The number of anilines is 1. The Labute approximate surface area is 384 Å². The normalized spacial score (nSPS) is 14.5. The fraction of sp³-hybridized carbons (Fsp3) is 0.571. The third-order valence-electron chi connectivity index (χ3n) is 12.0. The number of amides is 6. The number of hydrogen-bond donors (Lipinski definition) is 8. The molecule has 65 heavy (non-hydrogen) atoms. The Balaban J connectivity index is 1.32. The first kappa shape index (κ1) is 51.7.